The predicted octanol–water partition coefficient (Wildman–Crippen LogP) is 0.743. The number of rotatable bonds is 7. The number of nitro groups is 1. The van der Waals surface area contributed by atoms with E-state index in [9.17, 15) is 10.1 Å². The van der Waals surface area contributed by atoms with Gasteiger partial charge in [0.1, 0.15) is 11.5 Å². The summed E-state index contributed by atoms with van der Waals surface area (Å²) in [5, 5.41) is 19.7. The molecule has 0 aromatic carbocycles. The summed E-state index contributed by atoms with van der Waals surface area (Å²) in [4.78, 5) is 16.2. The summed E-state index contributed by atoms with van der Waals surface area (Å²) >= 11 is 0. The smallest absolute Gasteiger partial charge is 0.290 e. The normalized spacial score (nSPS) is 10.4. The monoisotopic (exact) mass is 255 g/mol. The zero-order valence-corrected chi connectivity index (χ0v) is 10.5. The van der Waals surface area contributed by atoms with Gasteiger partial charge in [0.2, 0.25) is 0 Å². The lowest BCUT2D eigenvalue weighted by Gasteiger charge is -2.22. The summed E-state index contributed by atoms with van der Waals surface area (Å²) in [6, 6.07) is 3.01. The minimum atomic E-state index is -0.461. The Bertz CT molecular complexity index is 411. The van der Waals surface area contributed by atoms with Crippen LogP contribution in [0.3, 0.4) is 0 Å². The number of methoxy groups -OCH3 is 1. The quantitative estimate of drug-likeness (QED) is 0.571. The molecule has 1 aromatic heterocycles. The molecule has 1 N–H and O–H groups in total. The van der Waals surface area contributed by atoms with Gasteiger partial charge in [-0.05, 0) is 13.0 Å². The second kappa shape index (κ2) is 6.87. The first-order valence-electron chi connectivity index (χ1n) is 5.57. The van der Waals surface area contributed by atoms with Crippen LogP contribution in [0.15, 0.2) is 12.1 Å². The van der Waals surface area contributed by atoms with Crippen molar-refractivity contribution in [3.63, 3.8) is 0 Å². The summed E-state index contributed by atoms with van der Waals surface area (Å²) in [7, 11) is 1.59. The van der Waals surface area contributed by atoms with Gasteiger partial charge in [0.05, 0.1) is 18.1 Å². The summed E-state index contributed by atoms with van der Waals surface area (Å²) in [5.74, 6) is 0.601. The van der Waals surface area contributed by atoms with Gasteiger partial charge in [0, 0.05) is 26.3 Å². The molecule has 0 fully saturated rings. The number of anilines is 1. The Morgan fingerprint density at radius 1 is 1.50 bits per heavy atom. The Morgan fingerprint density at radius 3 is 2.72 bits per heavy atom. The Labute approximate surface area is 105 Å². The Balaban J connectivity index is 2.91. The first-order chi connectivity index (χ1) is 8.60. The maximum Gasteiger partial charge on any atom is 0.290 e. The minimum Gasteiger partial charge on any atom is -0.395 e. The number of pyridine rings is 1. The number of nitrogens with zero attached hydrogens (tertiary/aromatic N) is 3. The highest BCUT2D eigenvalue weighted by molar-refractivity contribution is 5.46. The van der Waals surface area contributed by atoms with Crippen LogP contribution in [-0.2, 0) is 4.74 Å². The molecule has 0 saturated heterocycles. The summed E-state index contributed by atoms with van der Waals surface area (Å²) < 4.78 is 4.97. The molecule has 100 valence electrons. The molecule has 0 amide bonds. The molecular weight excluding hydrogens is 238 g/mol. The van der Waals surface area contributed by atoms with Crippen LogP contribution in [0.4, 0.5) is 11.5 Å². The third kappa shape index (κ3) is 3.64. The largest absolute Gasteiger partial charge is 0.395 e. The molecule has 0 aliphatic carbocycles. The minimum absolute atomic E-state index is 0.00515. The van der Waals surface area contributed by atoms with Crippen LogP contribution in [0.1, 0.15) is 5.69 Å². The molecule has 1 heterocycles. The topological polar surface area (TPSA) is 88.7 Å². The first-order valence-corrected chi connectivity index (χ1v) is 5.57. The summed E-state index contributed by atoms with van der Waals surface area (Å²) in [6.07, 6.45) is 0. The number of aliphatic hydroxyl groups excluding tert-OH is 1. The molecule has 0 bridgehead atoms. The molecule has 7 nitrogen and oxygen atoms in total. The molecule has 0 radical (unpaired) electrons. The average molecular weight is 255 g/mol. The molecule has 7 heteroatoms. The third-order valence-corrected chi connectivity index (χ3v) is 2.50. The van der Waals surface area contributed by atoms with Gasteiger partial charge < -0.3 is 14.7 Å². The highest BCUT2D eigenvalue weighted by atomic mass is 16.6. The van der Waals surface area contributed by atoms with Crippen LogP contribution in [0.25, 0.3) is 0 Å². The van der Waals surface area contributed by atoms with Crippen molar-refractivity contribution >= 4 is 11.5 Å². The van der Waals surface area contributed by atoms with Crippen molar-refractivity contribution in [2.24, 2.45) is 0 Å². The summed E-state index contributed by atoms with van der Waals surface area (Å²) in [5.41, 5.74) is 0.354. The molecule has 0 spiro atoms. The fourth-order valence-electron chi connectivity index (χ4n) is 1.57. The molecule has 0 saturated carbocycles. The fourth-order valence-corrected chi connectivity index (χ4v) is 1.57. The maximum absolute atomic E-state index is 10.7. The van der Waals surface area contributed by atoms with Crippen molar-refractivity contribution in [2.45, 2.75) is 6.92 Å². The Hall–Kier alpha value is -1.73. The third-order valence-electron chi connectivity index (χ3n) is 2.50. The first kappa shape index (κ1) is 14.3. The van der Waals surface area contributed by atoms with E-state index in [1.54, 1.807) is 20.1 Å². The maximum atomic E-state index is 10.7. The van der Waals surface area contributed by atoms with Crippen molar-refractivity contribution in [3.05, 3.63) is 27.9 Å². The Kier molecular flexibility index (Phi) is 5.47. The number of aliphatic hydroxyl groups is 1. The van der Waals surface area contributed by atoms with Gasteiger partial charge in [-0.25, -0.2) is 4.98 Å². The number of ether oxygens (including phenoxy) is 1. The van der Waals surface area contributed by atoms with Crippen LogP contribution >= 0.6 is 0 Å². The molecule has 1 rings (SSSR count). The van der Waals surface area contributed by atoms with Crippen molar-refractivity contribution in [1.29, 1.82) is 0 Å². The highest BCUT2D eigenvalue weighted by Crippen LogP contribution is 2.20. The van der Waals surface area contributed by atoms with Crippen LogP contribution in [0.5, 0.6) is 0 Å². The van der Waals surface area contributed by atoms with Crippen molar-refractivity contribution in [3.8, 4) is 0 Å². The van der Waals surface area contributed by atoms with E-state index in [-0.39, 0.29) is 12.3 Å². The van der Waals surface area contributed by atoms with E-state index in [4.69, 9.17) is 9.84 Å². The zero-order valence-electron chi connectivity index (χ0n) is 10.5. The van der Waals surface area contributed by atoms with Gasteiger partial charge in [-0.15, -0.1) is 0 Å². The van der Waals surface area contributed by atoms with Crippen LogP contribution < -0.4 is 4.90 Å². The summed E-state index contributed by atoms with van der Waals surface area (Å²) in [6.45, 7) is 3.06. The standard InChI is InChI=1S/C11H17N3O4/c1-9-10(14(16)17)3-4-11(12-9)13(5-7-15)6-8-18-2/h3-4,15H,5-8H2,1-2H3. The van der Waals surface area contributed by atoms with Gasteiger partial charge in [0.15, 0.2) is 0 Å². The van der Waals surface area contributed by atoms with Crippen LogP contribution in [0, 0.1) is 17.0 Å². The van der Waals surface area contributed by atoms with Crippen LogP contribution in [0.2, 0.25) is 0 Å². The SMILES string of the molecule is COCCN(CCO)c1ccc([N+](=O)[O-])c(C)n1. The molecule has 18 heavy (non-hydrogen) atoms. The van der Waals surface area contributed by atoms with Gasteiger partial charge in [-0.1, -0.05) is 0 Å². The molecule has 0 aliphatic rings. The molecule has 0 atom stereocenters. The van der Waals surface area contributed by atoms with Gasteiger partial charge in [-0.2, -0.15) is 0 Å². The van der Waals surface area contributed by atoms with Crippen molar-refractivity contribution in [1.82, 2.24) is 4.98 Å². The molecule has 0 unspecified atom stereocenters. The highest BCUT2D eigenvalue weighted by Gasteiger charge is 2.14. The molecule has 1 aromatic rings. The predicted molar refractivity (Wildman–Crippen MR) is 66.8 cm³/mol. The zero-order chi connectivity index (χ0) is 13.5. The number of hydrogen-bond acceptors (Lipinski definition) is 6. The van der Waals surface area contributed by atoms with E-state index in [1.165, 1.54) is 6.07 Å². The van der Waals surface area contributed by atoms with Crippen molar-refractivity contribution < 1.29 is 14.8 Å². The van der Waals surface area contributed by atoms with E-state index >= 15 is 0 Å². The average Bonchev–Trinajstić information content (AvgIpc) is 2.33. The number of aromatic nitrogens is 1. The van der Waals surface area contributed by atoms with Crippen LogP contribution in [-0.4, -0.2) is 48.4 Å². The lowest BCUT2D eigenvalue weighted by Crippen LogP contribution is -2.31. The second-order valence-corrected chi connectivity index (χ2v) is 3.73. The number of hydrogen-bond donors (Lipinski definition) is 1. The second-order valence-electron chi connectivity index (χ2n) is 3.73. The lowest BCUT2D eigenvalue weighted by molar-refractivity contribution is -0.385. The van der Waals surface area contributed by atoms with E-state index in [0.29, 0.717) is 31.2 Å². The van der Waals surface area contributed by atoms with Gasteiger partial charge in [-0.3, -0.25) is 10.1 Å². The van der Waals surface area contributed by atoms with Gasteiger partial charge >= 0.3 is 0 Å². The number of aryl methyl sites for hydroxylation is 1. The Morgan fingerprint density at radius 2 is 2.22 bits per heavy atom. The van der Waals surface area contributed by atoms with E-state index in [1.807, 2.05) is 4.90 Å². The van der Waals surface area contributed by atoms with E-state index < -0.39 is 4.92 Å². The van der Waals surface area contributed by atoms with E-state index in [0.717, 1.165) is 0 Å². The van der Waals surface area contributed by atoms with Gasteiger partial charge in [0.25, 0.3) is 5.69 Å². The molecular formula is C11H17N3O4. The molecule has 0 aliphatic heterocycles. The van der Waals surface area contributed by atoms with Crippen molar-refractivity contribution in [2.75, 3.05) is 38.3 Å². The lowest BCUT2D eigenvalue weighted by atomic mass is 10.3. The fraction of sp³-hybridized carbons (Fsp3) is 0.545. The van der Waals surface area contributed by atoms with E-state index in [2.05, 4.69) is 4.98 Å².